The van der Waals surface area contributed by atoms with Gasteiger partial charge in [0.15, 0.2) is 21.0 Å². The Morgan fingerprint density at radius 2 is 1.91 bits per heavy atom. The van der Waals surface area contributed by atoms with E-state index in [1.165, 1.54) is 17.2 Å². The summed E-state index contributed by atoms with van der Waals surface area (Å²) in [7, 11) is -1.40. The van der Waals surface area contributed by atoms with E-state index in [1.807, 2.05) is 0 Å². The fraction of sp³-hybridized carbons (Fsp3) is 0.643. The van der Waals surface area contributed by atoms with E-state index >= 15 is 0 Å². The highest BCUT2D eigenvalue weighted by atomic mass is 32.2. The van der Waals surface area contributed by atoms with Crippen molar-refractivity contribution in [1.82, 2.24) is 19.1 Å². The average Bonchev–Trinajstić information content (AvgIpc) is 2.90. The summed E-state index contributed by atoms with van der Waals surface area (Å²) in [5.41, 5.74) is 0.501. The molecule has 3 rings (SSSR count). The van der Waals surface area contributed by atoms with Gasteiger partial charge in [0, 0.05) is 13.6 Å². The molecule has 7 nitrogen and oxygen atoms in total. The summed E-state index contributed by atoms with van der Waals surface area (Å²) in [6, 6.07) is 0. The molecule has 0 radical (unpaired) electrons. The molecule has 0 saturated heterocycles. The minimum absolute atomic E-state index is 0.0163. The largest absolute Gasteiger partial charge is 0.318 e. The van der Waals surface area contributed by atoms with E-state index in [0.717, 1.165) is 32.1 Å². The van der Waals surface area contributed by atoms with Crippen LogP contribution >= 0.6 is 0 Å². The van der Waals surface area contributed by atoms with E-state index < -0.39 is 9.84 Å². The van der Waals surface area contributed by atoms with Crippen molar-refractivity contribution >= 4 is 21.0 Å². The van der Waals surface area contributed by atoms with Crippen LogP contribution in [0.2, 0.25) is 0 Å². The number of hydrogen-bond acceptors (Lipinski definition) is 5. The first kappa shape index (κ1) is 15.2. The molecule has 0 aromatic carbocycles. The lowest BCUT2D eigenvalue weighted by molar-refractivity contribution is 0.481. The number of nitrogens with zero attached hydrogens (tertiary/aromatic N) is 4. The fourth-order valence-corrected chi connectivity index (χ4v) is 4.85. The summed E-state index contributed by atoms with van der Waals surface area (Å²) < 4.78 is 27.8. The Balaban J connectivity index is 1.79. The SMILES string of the molecule is Cn1cnc2c(=O)n(CCS(=O)(=O)C3CCCCC3)cnc21. The Morgan fingerprint density at radius 1 is 1.18 bits per heavy atom. The van der Waals surface area contributed by atoms with Crippen LogP contribution < -0.4 is 5.56 Å². The topological polar surface area (TPSA) is 86.9 Å². The van der Waals surface area contributed by atoms with Crippen molar-refractivity contribution in [3.05, 3.63) is 23.0 Å². The maximum Gasteiger partial charge on any atom is 0.281 e. The zero-order valence-corrected chi connectivity index (χ0v) is 13.4. The van der Waals surface area contributed by atoms with E-state index in [9.17, 15) is 13.2 Å². The van der Waals surface area contributed by atoms with E-state index in [-0.39, 0.29) is 28.6 Å². The number of rotatable bonds is 4. The third-order valence-corrected chi connectivity index (χ3v) is 6.60. The van der Waals surface area contributed by atoms with Gasteiger partial charge in [-0.15, -0.1) is 0 Å². The Bertz CT molecular complexity index is 831. The van der Waals surface area contributed by atoms with Crippen molar-refractivity contribution in [2.45, 2.75) is 43.9 Å². The molecule has 0 spiro atoms. The molecule has 2 aromatic rings. The average molecular weight is 324 g/mol. The van der Waals surface area contributed by atoms with Gasteiger partial charge in [-0.25, -0.2) is 18.4 Å². The molecular formula is C14H20N4O3S. The van der Waals surface area contributed by atoms with Gasteiger partial charge in [-0.05, 0) is 12.8 Å². The molecule has 1 fully saturated rings. The van der Waals surface area contributed by atoms with Gasteiger partial charge >= 0.3 is 0 Å². The Morgan fingerprint density at radius 3 is 2.64 bits per heavy atom. The van der Waals surface area contributed by atoms with Gasteiger partial charge < -0.3 is 4.57 Å². The molecule has 8 heteroatoms. The number of aromatic nitrogens is 4. The molecule has 0 aliphatic heterocycles. The Kier molecular flexibility index (Phi) is 4.03. The second-order valence-electron chi connectivity index (χ2n) is 5.90. The van der Waals surface area contributed by atoms with Crippen molar-refractivity contribution in [3.8, 4) is 0 Å². The lowest BCUT2D eigenvalue weighted by Gasteiger charge is -2.21. The molecule has 1 aliphatic carbocycles. The second kappa shape index (κ2) is 5.83. The van der Waals surface area contributed by atoms with E-state index in [1.54, 1.807) is 11.6 Å². The monoisotopic (exact) mass is 324 g/mol. The van der Waals surface area contributed by atoms with Gasteiger partial charge in [0.05, 0.1) is 17.3 Å². The van der Waals surface area contributed by atoms with Crippen molar-refractivity contribution in [1.29, 1.82) is 0 Å². The zero-order chi connectivity index (χ0) is 15.7. The standard InChI is InChI=1S/C14H20N4O3S/c1-17-9-15-12-13(17)16-10-18(14(12)19)7-8-22(20,21)11-5-3-2-4-6-11/h9-11H,2-8H2,1H3. The van der Waals surface area contributed by atoms with Crippen LogP contribution in [0, 0.1) is 0 Å². The smallest absolute Gasteiger partial charge is 0.281 e. The lowest BCUT2D eigenvalue weighted by atomic mass is 10.0. The van der Waals surface area contributed by atoms with E-state index in [4.69, 9.17) is 0 Å². The number of aryl methyl sites for hydroxylation is 2. The molecule has 2 heterocycles. The van der Waals surface area contributed by atoms with Gasteiger partial charge in [-0.3, -0.25) is 9.36 Å². The fourth-order valence-electron chi connectivity index (χ4n) is 3.02. The predicted molar refractivity (Wildman–Crippen MR) is 83.4 cm³/mol. The van der Waals surface area contributed by atoms with Crippen LogP contribution in [0.4, 0.5) is 0 Å². The summed E-state index contributed by atoms with van der Waals surface area (Å²) in [6.07, 6.45) is 7.50. The van der Waals surface area contributed by atoms with Crippen molar-refractivity contribution in [2.75, 3.05) is 5.75 Å². The minimum Gasteiger partial charge on any atom is -0.318 e. The maximum atomic E-state index is 12.4. The molecule has 1 saturated carbocycles. The molecule has 0 unspecified atom stereocenters. The lowest BCUT2D eigenvalue weighted by Crippen LogP contribution is -2.31. The van der Waals surface area contributed by atoms with Crippen molar-refractivity contribution in [2.24, 2.45) is 7.05 Å². The number of hydrogen-bond donors (Lipinski definition) is 0. The highest BCUT2D eigenvalue weighted by molar-refractivity contribution is 7.92. The molecule has 0 amide bonds. The summed E-state index contributed by atoms with van der Waals surface area (Å²) in [4.78, 5) is 20.5. The third kappa shape index (κ3) is 2.79. The first-order valence-electron chi connectivity index (χ1n) is 7.57. The highest BCUT2D eigenvalue weighted by Crippen LogP contribution is 2.24. The summed E-state index contributed by atoms with van der Waals surface area (Å²) in [6.45, 7) is 0.136. The van der Waals surface area contributed by atoms with Crippen LogP contribution in [-0.2, 0) is 23.4 Å². The van der Waals surface area contributed by atoms with Crippen LogP contribution in [0.15, 0.2) is 17.4 Å². The van der Waals surface area contributed by atoms with E-state index in [0.29, 0.717) is 5.65 Å². The molecule has 1 aliphatic rings. The summed E-state index contributed by atoms with van der Waals surface area (Å²) >= 11 is 0. The first-order valence-corrected chi connectivity index (χ1v) is 9.28. The van der Waals surface area contributed by atoms with Gasteiger partial charge in [0.2, 0.25) is 0 Å². The molecule has 0 bridgehead atoms. The van der Waals surface area contributed by atoms with Crippen LogP contribution in [0.25, 0.3) is 11.2 Å². The Labute approximate surface area is 128 Å². The van der Waals surface area contributed by atoms with Gasteiger partial charge in [0.1, 0.15) is 6.33 Å². The van der Waals surface area contributed by atoms with Gasteiger partial charge in [0.25, 0.3) is 5.56 Å². The zero-order valence-electron chi connectivity index (χ0n) is 12.6. The molecule has 0 N–H and O–H groups in total. The third-order valence-electron chi connectivity index (χ3n) is 4.37. The summed E-state index contributed by atoms with van der Waals surface area (Å²) in [5.74, 6) is -0.0163. The minimum atomic E-state index is -3.16. The number of imidazole rings is 1. The van der Waals surface area contributed by atoms with Gasteiger partial charge in [-0.1, -0.05) is 19.3 Å². The molecule has 120 valence electrons. The quantitative estimate of drug-likeness (QED) is 0.833. The van der Waals surface area contributed by atoms with Crippen LogP contribution in [-0.4, -0.2) is 38.5 Å². The maximum absolute atomic E-state index is 12.4. The number of fused-ring (bicyclic) bond motifs is 1. The van der Waals surface area contributed by atoms with Crippen LogP contribution in [0.1, 0.15) is 32.1 Å². The van der Waals surface area contributed by atoms with Gasteiger partial charge in [-0.2, -0.15) is 0 Å². The first-order chi connectivity index (χ1) is 10.5. The second-order valence-corrected chi connectivity index (χ2v) is 8.30. The molecular weight excluding hydrogens is 304 g/mol. The Hall–Kier alpha value is -1.70. The highest BCUT2D eigenvalue weighted by Gasteiger charge is 2.27. The van der Waals surface area contributed by atoms with Crippen molar-refractivity contribution in [3.63, 3.8) is 0 Å². The van der Waals surface area contributed by atoms with E-state index in [2.05, 4.69) is 9.97 Å². The van der Waals surface area contributed by atoms with Crippen molar-refractivity contribution < 1.29 is 8.42 Å². The number of sulfone groups is 1. The summed E-state index contributed by atoms with van der Waals surface area (Å²) in [5, 5.41) is -0.247. The molecule has 0 atom stereocenters. The predicted octanol–water partition coefficient (Wildman–Crippen LogP) is 0.877. The normalized spacial score (nSPS) is 17.1. The molecule has 22 heavy (non-hydrogen) atoms. The molecule has 2 aromatic heterocycles. The van der Waals surface area contributed by atoms with Crippen LogP contribution in [0.5, 0.6) is 0 Å². The van der Waals surface area contributed by atoms with Crippen LogP contribution in [0.3, 0.4) is 0 Å².